The highest BCUT2D eigenvalue weighted by Gasteiger charge is 2.05. The Morgan fingerprint density at radius 2 is 2.10 bits per heavy atom. The van der Waals surface area contributed by atoms with E-state index in [1.807, 2.05) is 29.2 Å². The second kappa shape index (κ2) is 7.47. The fourth-order valence-corrected chi connectivity index (χ4v) is 2.01. The quantitative estimate of drug-likeness (QED) is 0.654. The number of benzene rings is 1. The molecule has 2 N–H and O–H groups in total. The molecule has 0 saturated heterocycles. The Hall–Kier alpha value is -2.30. The molecule has 5 nitrogen and oxygen atoms in total. The molecule has 0 amide bonds. The summed E-state index contributed by atoms with van der Waals surface area (Å²) in [5, 5.41) is 6.66. The SMILES string of the molecule is CN=C(NCc1ccccc1-n1ccnc1)NCC(C)C. The first-order valence-corrected chi connectivity index (χ1v) is 7.21. The molecule has 1 aromatic heterocycles. The van der Waals surface area contributed by atoms with Crippen molar-refractivity contribution in [1.82, 2.24) is 20.2 Å². The van der Waals surface area contributed by atoms with E-state index in [9.17, 15) is 0 Å². The van der Waals surface area contributed by atoms with Crippen molar-refractivity contribution in [3.63, 3.8) is 0 Å². The largest absolute Gasteiger partial charge is 0.356 e. The average Bonchev–Trinajstić information content (AvgIpc) is 3.01. The monoisotopic (exact) mass is 285 g/mol. The smallest absolute Gasteiger partial charge is 0.191 e. The minimum Gasteiger partial charge on any atom is -0.356 e. The summed E-state index contributed by atoms with van der Waals surface area (Å²) < 4.78 is 2.02. The van der Waals surface area contributed by atoms with Gasteiger partial charge in [-0.15, -0.1) is 0 Å². The highest BCUT2D eigenvalue weighted by Crippen LogP contribution is 2.13. The van der Waals surface area contributed by atoms with Crippen LogP contribution in [0.2, 0.25) is 0 Å². The maximum absolute atomic E-state index is 4.24. The molecule has 0 unspecified atom stereocenters. The molecule has 1 heterocycles. The maximum atomic E-state index is 4.24. The van der Waals surface area contributed by atoms with Gasteiger partial charge in [0, 0.05) is 32.5 Å². The Labute approximate surface area is 126 Å². The Morgan fingerprint density at radius 3 is 2.76 bits per heavy atom. The molecule has 0 spiro atoms. The van der Waals surface area contributed by atoms with Crippen LogP contribution in [-0.2, 0) is 6.54 Å². The standard InChI is InChI=1S/C16H23N5/c1-13(2)10-19-16(17-3)20-11-14-6-4-5-7-15(14)21-9-8-18-12-21/h4-9,12-13H,10-11H2,1-3H3,(H2,17,19,20). The van der Waals surface area contributed by atoms with Gasteiger partial charge in [0.25, 0.3) is 0 Å². The Balaban J connectivity index is 2.03. The zero-order chi connectivity index (χ0) is 15.1. The molecule has 5 heteroatoms. The summed E-state index contributed by atoms with van der Waals surface area (Å²) in [6.45, 7) is 5.97. The zero-order valence-corrected chi connectivity index (χ0v) is 12.9. The summed E-state index contributed by atoms with van der Waals surface area (Å²) in [6.07, 6.45) is 5.54. The van der Waals surface area contributed by atoms with Crippen LogP contribution in [0.4, 0.5) is 0 Å². The molecular weight excluding hydrogens is 262 g/mol. The number of aromatic nitrogens is 2. The molecular formula is C16H23N5. The van der Waals surface area contributed by atoms with E-state index in [4.69, 9.17) is 0 Å². The van der Waals surface area contributed by atoms with E-state index in [-0.39, 0.29) is 0 Å². The van der Waals surface area contributed by atoms with Gasteiger partial charge < -0.3 is 15.2 Å². The first kappa shape index (κ1) is 15.1. The second-order valence-electron chi connectivity index (χ2n) is 5.30. The first-order valence-electron chi connectivity index (χ1n) is 7.21. The van der Waals surface area contributed by atoms with Crippen LogP contribution in [0.3, 0.4) is 0 Å². The van der Waals surface area contributed by atoms with Crippen LogP contribution >= 0.6 is 0 Å². The highest BCUT2D eigenvalue weighted by atomic mass is 15.2. The van der Waals surface area contributed by atoms with E-state index in [2.05, 4.69) is 46.6 Å². The van der Waals surface area contributed by atoms with Gasteiger partial charge in [0.1, 0.15) is 0 Å². The molecule has 0 bridgehead atoms. The predicted molar refractivity (Wildman–Crippen MR) is 86.6 cm³/mol. The number of nitrogens with zero attached hydrogens (tertiary/aromatic N) is 3. The second-order valence-corrected chi connectivity index (χ2v) is 5.30. The van der Waals surface area contributed by atoms with Crippen molar-refractivity contribution in [2.75, 3.05) is 13.6 Å². The van der Waals surface area contributed by atoms with Crippen LogP contribution in [-0.4, -0.2) is 29.1 Å². The van der Waals surface area contributed by atoms with Crippen molar-refractivity contribution >= 4 is 5.96 Å². The Morgan fingerprint density at radius 1 is 1.29 bits per heavy atom. The van der Waals surface area contributed by atoms with E-state index in [1.54, 1.807) is 13.2 Å². The summed E-state index contributed by atoms with van der Waals surface area (Å²) in [6, 6.07) is 8.27. The van der Waals surface area contributed by atoms with Crippen LogP contribution in [0.15, 0.2) is 48.0 Å². The van der Waals surface area contributed by atoms with Crippen molar-refractivity contribution in [3.8, 4) is 5.69 Å². The van der Waals surface area contributed by atoms with Gasteiger partial charge in [-0.2, -0.15) is 0 Å². The van der Waals surface area contributed by atoms with Crippen LogP contribution in [0.5, 0.6) is 0 Å². The van der Waals surface area contributed by atoms with E-state index in [1.165, 1.54) is 5.56 Å². The normalized spacial score (nSPS) is 11.7. The molecule has 0 aliphatic heterocycles. The molecule has 0 aliphatic carbocycles. The van der Waals surface area contributed by atoms with Crippen LogP contribution in [0, 0.1) is 5.92 Å². The van der Waals surface area contributed by atoms with Crippen molar-refractivity contribution in [3.05, 3.63) is 48.5 Å². The van der Waals surface area contributed by atoms with Gasteiger partial charge in [-0.1, -0.05) is 32.0 Å². The third-order valence-corrected chi connectivity index (χ3v) is 3.12. The van der Waals surface area contributed by atoms with E-state index >= 15 is 0 Å². The predicted octanol–water partition coefficient (Wildman–Crippen LogP) is 2.19. The van der Waals surface area contributed by atoms with Gasteiger partial charge in [0.15, 0.2) is 5.96 Å². The van der Waals surface area contributed by atoms with Crippen LogP contribution in [0.25, 0.3) is 5.69 Å². The maximum Gasteiger partial charge on any atom is 0.191 e. The van der Waals surface area contributed by atoms with Crippen molar-refractivity contribution in [2.45, 2.75) is 20.4 Å². The lowest BCUT2D eigenvalue weighted by molar-refractivity contribution is 0.614. The fraction of sp³-hybridized carbons (Fsp3) is 0.375. The third-order valence-electron chi connectivity index (χ3n) is 3.12. The van der Waals surface area contributed by atoms with Crippen molar-refractivity contribution in [2.24, 2.45) is 10.9 Å². The number of imidazole rings is 1. The topological polar surface area (TPSA) is 54.2 Å². The number of para-hydroxylation sites is 1. The fourth-order valence-electron chi connectivity index (χ4n) is 2.01. The Kier molecular flexibility index (Phi) is 5.37. The Bertz CT molecular complexity index is 572. The molecule has 112 valence electrons. The van der Waals surface area contributed by atoms with Gasteiger partial charge >= 0.3 is 0 Å². The number of hydrogen-bond donors (Lipinski definition) is 2. The molecule has 0 atom stereocenters. The molecule has 2 rings (SSSR count). The lowest BCUT2D eigenvalue weighted by atomic mass is 10.1. The lowest BCUT2D eigenvalue weighted by Gasteiger charge is -2.15. The van der Waals surface area contributed by atoms with E-state index in [0.717, 1.165) is 18.2 Å². The van der Waals surface area contributed by atoms with E-state index in [0.29, 0.717) is 12.5 Å². The molecule has 0 aliphatic rings. The minimum atomic E-state index is 0.585. The lowest BCUT2D eigenvalue weighted by Crippen LogP contribution is -2.38. The molecule has 0 fully saturated rings. The minimum absolute atomic E-state index is 0.585. The number of nitrogens with one attached hydrogen (secondary N) is 2. The number of aliphatic imine (C=N–C) groups is 1. The molecule has 1 aromatic carbocycles. The number of hydrogen-bond acceptors (Lipinski definition) is 2. The molecule has 21 heavy (non-hydrogen) atoms. The molecule has 0 saturated carbocycles. The van der Waals surface area contributed by atoms with Gasteiger partial charge in [-0.25, -0.2) is 4.98 Å². The summed E-state index contributed by atoms with van der Waals surface area (Å²) in [5.41, 5.74) is 2.32. The molecule has 2 aromatic rings. The summed E-state index contributed by atoms with van der Waals surface area (Å²) in [7, 11) is 1.79. The average molecular weight is 285 g/mol. The number of guanidine groups is 1. The third kappa shape index (κ3) is 4.34. The summed E-state index contributed by atoms with van der Waals surface area (Å²) in [4.78, 5) is 8.35. The molecule has 0 radical (unpaired) electrons. The van der Waals surface area contributed by atoms with Gasteiger partial charge in [0.05, 0.1) is 12.0 Å². The van der Waals surface area contributed by atoms with E-state index < -0.39 is 0 Å². The van der Waals surface area contributed by atoms with Gasteiger partial charge in [0.2, 0.25) is 0 Å². The van der Waals surface area contributed by atoms with Crippen LogP contribution < -0.4 is 10.6 Å². The van der Waals surface area contributed by atoms with Gasteiger partial charge in [-0.3, -0.25) is 4.99 Å². The van der Waals surface area contributed by atoms with Crippen molar-refractivity contribution < 1.29 is 0 Å². The highest BCUT2D eigenvalue weighted by molar-refractivity contribution is 5.79. The van der Waals surface area contributed by atoms with Crippen LogP contribution in [0.1, 0.15) is 19.4 Å². The number of rotatable bonds is 5. The summed E-state index contributed by atoms with van der Waals surface area (Å²) >= 11 is 0. The first-order chi connectivity index (χ1) is 10.2. The van der Waals surface area contributed by atoms with Gasteiger partial charge in [-0.05, 0) is 17.5 Å². The van der Waals surface area contributed by atoms with Crippen molar-refractivity contribution in [1.29, 1.82) is 0 Å². The zero-order valence-electron chi connectivity index (χ0n) is 12.9. The summed E-state index contributed by atoms with van der Waals surface area (Å²) in [5.74, 6) is 1.41.